The average Bonchev–Trinajstić information content (AvgIpc) is 2.77. The molecule has 1 heterocycles. The Morgan fingerprint density at radius 2 is 1.34 bits per heavy atom. The van der Waals surface area contributed by atoms with Crippen LogP contribution in [0.5, 0.6) is 0 Å². The van der Waals surface area contributed by atoms with E-state index in [4.69, 9.17) is 5.73 Å². The van der Waals surface area contributed by atoms with Crippen LogP contribution < -0.4 is 15.5 Å². The molecule has 1 saturated heterocycles. The Morgan fingerprint density at radius 1 is 0.793 bits per heavy atom. The molecule has 0 bridgehead atoms. The minimum atomic E-state index is 0. The number of hydrogen-bond acceptors (Lipinski definition) is 3. The number of para-hydroxylation sites is 1. The molecule has 0 aliphatic carbocycles. The number of amidine groups is 1. The number of nitrogens with zero attached hydrogens (tertiary/aromatic N) is 3. The smallest absolute Gasteiger partial charge is 0.125 e. The second-order valence-corrected chi connectivity index (χ2v) is 7.54. The topological polar surface area (TPSA) is 44.9 Å². The van der Waals surface area contributed by atoms with Gasteiger partial charge in [-0.1, -0.05) is 50.8 Å². The van der Waals surface area contributed by atoms with Crippen LogP contribution in [0.1, 0.15) is 44.6 Å². The predicted molar refractivity (Wildman–Crippen MR) is 129 cm³/mol. The molecule has 4 nitrogen and oxygen atoms in total. The number of rotatable bonds is 9. The summed E-state index contributed by atoms with van der Waals surface area (Å²) in [5.41, 5.74) is 9.79. The van der Waals surface area contributed by atoms with Crippen molar-refractivity contribution in [1.82, 2.24) is 0 Å². The van der Waals surface area contributed by atoms with Gasteiger partial charge in [-0.3, -0.25) is 4.99 Å². The zero-order chi connectivity index (χ0) is 19.6. The van der Waals surface area contributed by atoms with Crippen molar-refractivity contribution in [3.05, 3.63) is 60.2 Å². The van der Waals surface area contributed by atoms with Gasteiger partial charge in [0.25, 0.3) is 0 Å². The van der Waals surface area contributed by atoms with Gasteiger partial charge in [-0.05, 0) is 42.8 Å². The largest absolute Gasteiger partial charge is 0.384 e. The van der Waals surface area contributed by atoms with Crippen LogP contribution in [0.25, 0.3) is 0 Å². The van der Waals surface area contributed by atoms with E-state index in [9.17, 15) is 0 Å². The number of piperazine rings is 1. The Hall–Kier alpha value is -2.20. The fraction of sp³-hybridized carbons (Fsp3) is 0.458. The third kappa shape index (κ3) is 6.97. The first kappa shape index (κ1) is 23.1. The molecule has 2 aromatic carbocycles. The van der Waals surface area contributed by atoms with Crippen LogP contribution in [0.4, 0.5) is 11.4 Å². The van der Waals surface area contributed by atoms with Crippen molar-refractivity contribution in [3.63, 3.8) is 0 Å². The van der Waals surface area contributed by atoms with E-state index in [1.165, 1.54) is 37.1 Å². The second kappa shape index (κ2) is 12.4. The van der Waals surface area contributed by atoms with Crippen molar-refractivity contribution in [2.45, 2.75) is 39.0 Å². The first-order valence-corrected chi connectivity index (χ1v) is 10.7. The van der Waals surface area contributed by atoms with Gasteiger partial charge in [0, 0.05) is 49.7 Å². The van der Waals surface area contributed by atoms with Crippen molar-refractivity contribution < 1.29 is 0 Å². The summed E-state index contributed by atoms with van der Waals surface area (Å²) < 4.78 is 0. The molecule has 0 amide bonds. The van der Waals surface area contributed by atoms with Crippen LogP contribution in [0.15, 0.2) is 59.6 Å². The van der Waals surface area contributed by atoms with E-state index in [-0.39, 0.29) is 12.4 Å². The Labute approximate surface area is 182 Å². The highest BCUT2D eigenvalue weighted by molar-refractivity contribution is 5.97. The maximum Gasteiger partial charge on any atom is 0.125 e. The zero-order valence-electron chi connectivity index (χ0n) is 17.6. The van der Waals surface area contributed by atoms with E-state index in [1.54, 1.807) is 0 Å². The summed E-state index contributed by atoms with van der Waals surface area (Å²) in [4.78, 5) is 9.45. The van der Waals surface area contributed by atoms with E-state index < -0.39 is 0 Å². The average molecular weight is 415 g/mol. The second-order valence-electron chi connectivity index (χ2n) is 7.54. The van der Waals surface area contributed by atoms with Gasteiger partial charge < -0.3 is 15.5 Å². The lowest BCUT2D eigenvalue weighted by Gasteiger charge is -2.37. The maximum atomic E-state index is 6.18. The number of unbranched alkanes of at least 4 members (excludes halogenated alkanes) is 4. The highest BCUT2D eigenvalue weighted by atomic mass is 35.5. The number of anilines is 2. The summed E-state index contributed by atoms with van der Waals surface area (Å²) >= 11 is 0. The summed E-state index contributed by atoms with van der Waals surface area (Å²) in [5.74, 6) is 0.663. The quantitative estimate of drug-likeness (QED) is 0.352. The Bertz CT molecular complexity index is 722. The van der Waals surface area contributed by atoms with Gasteiger partial charge in [0.05, 0.1) is 0 Å². The van der Waals surface area contributed by atoms with Crippen molar-refractivity contribution >= 4 is 29.6 Å². The first-order valence-electron chi connectivity index (χ1n) is 10.7. The van der Waals surface area contributed by atoms with Gasteiger partial charge in [0.1, 0.15) is 5.84 Å². The minimum Gasteiger partial charge on any atom is -0.384 e. The van der Waals surface area contributed by atoms with Crippen molar-refractivity contribution in [2.24, 2.45) is 10.7 Å². The number of nitrogens with two attached hydrogens (primary N) is 1. The fourth-order valence-corrected chi connectivity index (χ4v) is 3.71. The first-order chi connectivity index (χ1) is 13.8. The van der Waals surface area contributed by atoms with Gasteiger partial charge in [-0.15, -0.1) is 12.4 Å². The predicted octanol–water partition coefficient (Wildman–Crippen LogP) is 5.11. The third-order valence-electron chi connectivity index (χ3n) is 5.47. The summed E-state index contributed by atoms with van der Waals surface area (Å²) in [7, 11) is 0. The van der Waals surface area contributed by atoms with Crippen LogP contribution in [0.3, 0.4) is 0 Å². The van der Waals surface area contributed by atoms with Crippen molar-refractivity contribution in [2.75, 3.05) is 42.5 Å². The van der Waals surface area contributed by atoms with Crippen molar-refractivity contribution in [1.29, 1.82) is 0 Å². The summed E-state index contributed by atoms with van der Waals surface area (Å²) in [6.07, 6.45) is 6.28. The van der Waals surface area contributed by atoms with Crippen LogP contribution >= 0.6 is 12.4 Å². The van der Waals surface area contributed by atoms with Crippen LogP contribution in [-0.4, -0.2) is 38.6 Å². The van der Waals surface area contributed by atoms with E-state index in [1.807, 2.05) is 0 Å². The van der Waals surface area contributed by atoms with Crippen LogP contribution in [0.2, 0.25) is 0 Å². The molecule has 2 aromatic rings. The lowest BCUT2D eigenvalue weighted by atomic mass is 10.1. The third-order valence-corrected chi connectivity index (χ3v) is 5.47. The SMILES string of the molecule is CCCCCCCN=C(N)c1ccc(N2CCN(c3ccccc3)CC2)cc1.Cl. The molecule has 1 aliphatic rings. The lowest BCUT2D eigenvalue weighted by Crippen LogP contribution is -2.46. The van der Waals surface area contributed by atoms with Gasteiger partial charge in [-0.25, -0.2) is 0 Å². The normalized spacial score (nSPS) is 14.6. The molecule has 2 N–H and O–H groups in total. The molecular weight excluding hydrogens is 380 g/mol. The number of halogens is 1. The zero-order valence-corrected chi connectivity index (χ0v) is 18.4. The number of hydrogen-bond donors (Lipinski definition) is 1. The number of benzene rings is 2. The molecular formula is C24H35ClN4. The molecule has 0 radical (unpaired) electrons. The maximum absolute atomic E-state index is 6.18. The van der Waals surface area contributed by atoms with Gasteiger partial charge in [-0.2, -0.15) is 0 Å². The van der Waals surface area contributed by atoms with E-state index in [2.05, 4.69) is 76.3 Å². The van der Waals surface area contributed by atoms with E-state index in [0.29, 0.717) is 5.84 Å². The molecule has 0 unspecified atom stereocenters. The van der Waals surface area contributed by atoms with Gasteiger partial charge in [0.15, 0.2) is 0 Å². The molecule has 158 valence electrons. The summed E-state index contributed by atoms with van der Waals surface area (Å²) in [6.45, 7) is 7.24. The molecule has 0 saturated carbocycles. The molecule has 3 rings (SSSR count). The van der Waals surface area contributed by atoms with Crippen molar-refractivity contribution in [3.8, 4) is 0 Å². The molecule has 0 spiro atoms. The Kier molecular flexibility index (Phi) is 9.85. The highest BCUT2D eigenvalue weighted by Crippen LogP contribution is 2.20. The molecule has 0 atom stereocenters. The minimum absolute atomic E-state index is 0. The molecule has 1 aliphatic heterocycles. The summed E-state index contributed by atoms with van der Waals surface area (Å²) in [5, 5.41) is 0. The van der Waals surface area contributed by atoms with Gasteiger partial charge >= 0.3 is 0 Å². The monoisotopic (exact) mass is 414 g/mol. The standard InChI is InChI=1S/C24H34N4.ClH/c1-2-3-4-5-9-16-26-24(25)21-12-14-23(15-13-21)28-19-17-27(18-20-28)22-10-7-6-8-11-22;/h6-8,10-15H,2-5,9,16-20H2,1H3,(H2,25,26);1H. The van der Waals surface area contributed by atoms with Crippen LogP contribution in [0, 0.1) is 0 Å². The Morgan fingerprint density at radius 3 is 1.93 bits per heavy atom. The molecule has 29 heavy (non-hydrogen) atoms. The fourth-order valence-electron chi connectivity index (χ4n) is 3.71. The molecule has 0 aromatic heterocycles. The van der Waals surface area contributed by atoms with Crippen LogP contribution in [-0.2, 0) is 0 Å². The van der Waals surface area contributed by atoms with Gasteiger partial charge in [0.2, 0.25) is 0 Å². The Balaban J connectivity index is 0.00000300. The van der Waals surface area contributed by atoms with E-state index >= 15 is 0 Å². The molecule has 1 fully saturated rings. The van der Waals surface area contributed by atoms with E-state index in [0.717, 1.165) is 44.7 Å². The highest BCUT2D eigenvalue weighted by Gasteiger charge is 2.17. The number of aliphatic imine (C=N–C) groups is 1. The lowest BCUT2D eigenvalue weighted by molar-refractivity contribution is 0.638. The molecule has 5 heteroatoms. The summed E-state index contributed by atoms with van der Waals surface area (Å²) in [6, 6.07) is 19.2.